The summed E-state index contributed by atoms with van der Waals surface area (Å²) >= 11 is 0. The van der Waals surface area contributed by atoms with Gasteiger partial charge < -0.3 is 9.47 Å². The number of nitrogens with zero attached hydrogens (tertiary/aromatic N) is 1. The molecule has 5 atom stereocenters. The number of rotatable bonds is 7. The second kappa shape index (κ2) is 7.70. The zero-order valence-electron chi connectivity index (χ0n) is 17.2. The van der Waals surface area contributed by atoms with Crippen molar-refractivity contribution >= 4 is 23.6 Å². The Bertz CT molecular complexity index is 888. The zero-order valence-corrected chi connectivity index (χ0v) is 17.2. The Kier molecular flexibility index (Phi) is 5.22. The SMILES string of the molecule is COc1ccc(C(=O)COC(=O)[C@@H](C(C)C)N2C(=O)[C@@H]3[C@H](C2=O)[C@H]2C=C[C@H]3C2)cc1. The summed E-state index contributed by atoms with van der Waals surface area (Å²) < 4.78 is 10.3. The summed E-state index contributed by atoms with van der Waals surface area (Å²) in [6, 6.07) is 5.45. The number of methoxy groups -OCH3 is 1. The normalized spacial score (nSPS) is 27.5. The van der Waals surface area contributed by atoms with Crippen molar-refractivity contribution in [3.05, 3.63) is 42.0 Å². The highest BCUT2D eigenvalue weighted by Gasteiger charge is 2.61. The first-order chi connectivity index (χ1) is 14.3. The van der Waals surface area contributed by atoms with Crippen molar-refractivity contribution in [2.75, 3.05) is 13.7 Å². The molecule has 0 spiro atoms. The summed E-state index contributed by atoms with van der Waals surface area (Å²) in [5.74, 6) is -2.00. The van der Waals surface area contributed by atoms with Gasteiger partial charge in [-0.05, 0) is 48.4 Å². The highest BCUT2D eigenvalue weighted by molar-refractivity contribution is 6.09. The Morgan fingerprint density at radius 3 is 2.10 bits per heavy atom. The molecule has 1 heterocycles. The monoisotopic (exact) mass is 411 g/mol. The predicted molar refractivity (Wildman–Crippen MR) is 106 cm³/mol. The quantitative estimate of drug-likeness (QED) is 0.296. The van der Waals surface area contributed by atoms with Crippen LogP contribution in [0.4, 0.5) is 0 Å². The van der Waals surface area contributed by atoms with Crippen LogP contribution in [0.15, 0.2) is 36.4 Å². The Hall–Kier alpha value is -2.96. The van der Waals surface area contributed by atoms with E-state index in [9.17, 15) is 19.2 Å². The number of Topliss-reactive ketones (excluding diaryl/α,β-unsaturated/α-hetero) is 1. The molecular weight excluding hydrogens is 386 g/mol. The van der Waals surface area contributed by atoms with Crippen molar-refractivity contribution in [2.24, 2.45) is 29.6 Å². The third-order valence-corrected chi connectivity index (χ3v) is 6.41. The lowest BCUT2D eigenvalue weighted by Crippen LogP contribution is -2.50. The Morgan fingerprint density at radius 2 is 1.60 bits per heavy atom. The van der Waals surface area contributed by atoms with E-state index in [0.29, 0.717) is 11.3 Å². The Labute approximate surface area is 175 Å². The molecule has 2 amide bonds. The summed E-state index contributed by atoms with van der Waals surface area (Å²) in [4.78, 5) is 52.4. The van der Waals surface area contributed by atoms with Gasteiger partial charge in [-0.2, -0.15) is 0 Å². The molecule has 0 aromatic heterocycles. The summed E-state index contributed by atoms with van der Waals surface area (Å²) in [7, 11) is 1.53. The van der Waals surface area contributed by atoms with E-state index < -0.39 is 18.6 Å². The molecule has 30 heavy (non-hydrogen) atoms. The maximum Gasteiger partial charge on any atom is 0.330 e. The molecule has 4 rings (SSSR count). The zero-order chi connectivity index (χ0) is 21.6. The maximum absolute atomic E-state index is 13.0. The van der Waals surface area contributed by atoms with Gasteiger partial charge in [0.25, 0.3) is 0 Å². The van der Waals surface area contributed by atoms with Crippen LogP contribution < -0.4 is 4.74 Å². The van der Waals surface area contributed by atoms with E-state index in [0.717, 1.165) is 11.3 Å². The average Bonchev–Trinajstić information content (AvgIpc) is 3.42. The lowest BCUT2D eigenvalue weighted by molar-refractivity contribution is -0.160. The van der Waals surface area contributed by atoms with Crippen LogP contribution in [0.1, 0.15) is 30.6 Å². The molecule has 7 heteroatoms. The van der Waals surface area contributed by atoms with Crippen LogP contribution in [-0.2, 0) is 19.1 Å². The molecule has 2 fully saturated rings. The summed E-state index contributed by atoms with van der Waals surface area (Å²) in [6.07, 6.45) is 4.85. The number of hydrogen-bond donors (Lipinski definition) is 0. The van der Waals surface area contributed by atoms with E-state index in [-0.39, 0.29) is 47.2 Å². The first kappa shape index (κ1) is 20.3. The molecule has 2 aliphatic carbocycles. The fraction of sp³-hybridized carbons (Fsp3) is 0.478. The number of ether oxygens (including phenoxy) is 2. The number of carbonyl (C=O) groups is 4. The molecule has 1 saturated heterocycles. The molecule has 2 bridgehead atoms. The minimum Gasteiger partial charge on any atom is -0.497 e. The van der Waals surface area contributed by atoms with Gasteiger partial charge in [-0.25, -0.2) is 4.79 Å². The van der Waals surface area contributed by atoms with Crippen molar-refractivity contribution in [3.63, 3.8) is 0 Å². The fourth-order valence-corrected chi connectivity index (χ4v) is 4.96. The van der Waals surface area contributed by atoms with Gasteiger partial charge in [0.05, 0.1) is 18.9 Å². The first-order valence-electron chi connectivity index (χ1n) is 10.2. The van der Waals surface area contributed by atoms with E-state index in [2.05, 4.69) is 0 Å². The number of imide groups is 1. The van der Waals surface area contributed by atoms with Gasteiger partial charge in [0.15, 0.2) is 12.4 Å². The largest absolute Gasteiger partial charge is 0.497 e. The number of allylic oxidation sites excluding steroid dienone is 2. The molecular formula is C23H25NO6. The van der Waals surface area contributed by atoms with E-state index in [1.807, 2.05) is 12.2 Å². The lowest BCUT2D eigenvalue weighted by atomic mass is 9.85. The molecule has 0 N–H and O–H groups in total. The van der Waals surface area contributed by atoms with Gasteiger partial charge in [-0.3, -0.25) is 19.3 Å². The summed E-state index contributed by atoms with van der Waals surface area (Å²) in [5, 5.41) is 0. The smallest absolute Gasteiger partial charge is 0.330 e. The number of esters is 1. The third kappa shape index (κ3) is 3.22. The highest BCUT2D eigenvalue weighted by Crippen LogP contribution is 2.53. The summed E-state index contributed by atoms with van der Waals surface area (Å²) in [5.41, 5.74) is 0.384. The van der Waals surface area contributed by atoms with Crippen molar-refractivity contribution < 1.29 is 28.7 Å². The van der Waals surface area contributed by atoms with Crippen LogP contribution in [0, 0.1) is 29.6 Å². The lowest BCUT2D eigenvalue weighted by Gasteiger charge is -2.28. The number of amides is 2. The molecule has 1 aromatic carbocycles. The predicted octanol–water partition coefficient (Wildman–Crippen LogP) is 2.25. The van der Waals surface area contributed by atoms with Crippen LogP contribution in [0.2, 0.25) is 0 Å². The fourth-order valence-electron chi connectivity index (χ4n) is 4.96. The van der Waals surface area contributed by atoms with Crippen molar-refractivity contribution in [1.82, 2.24) is 4.90 Å². The molecule has 0 unspecified atom stereocenters. The number of ketones is 1. The van der Waals surface area contributed by atoms with E-state index >= 15 is 0 Å². The van der Waals surface area contributed by atoms with E-state index in [4.69, 9.17) is 9.47 Å². The van der Waals surface area contributed by atoms with Gasteiger partial charge in [0.2, 0.25) is 11.8 Å². The molecule has 3 aliphatic rings. The molecule has 1 aromatic rings. The van der Waals surface area contributed by atoms with Gasteiger partial charge >= 0.3 is 5.97 Å². The van der Waals surface area contributed by atoms with Crippen molar-refractivity contribution in [1.29, 1.82) is 0 Å². The average molecular weight is 411 g/mol. The van der Waals surface area contributed by atoms with Crippen LogP contribution in [0.3, 0.4) is 0 Å². The van der Waals surface area contributed by atoms with Crippen molar-refractivity contribution in [2.45, 2.75) is 26.3 Å². The number of likely N-dealkylation sites (tertiary alicyclic amines) is 1. The number of fused-ring (bicyclic) bond motifs is 5. The minimum atomic E-state index is -1.03. The van der Waals surface area contributed by atoms with E-state index in [1.165, 1.54) is 7.11 Å². The van der Waals surface area contributed by atoms with Crippen LogP contribution in [0.25, 0.3) is 0 Å². The van der Waals surface area contributed by atoms with Crippen LogP contribution in [0.5, 0.6) is 5.75 Å². The molecule has 7 nitrogen and oxygen atoms in total. The molecule has 0 radical (unpaired) electrons. The van der Waals surface area contributed by atoms with Crippen LogP contribution >= 0.6 is 0 Å². The highest BCUT2D eigenvalue weighted by atomic mass is 16.5. The van der Waals surface area contributed by atoms with Crippen molar-refractivity contribution in [3.8, 4) is 5.75 Å². The maximum atomic E-state index is 13.0. The number of carbonyl (C=O) groups excluding carboxylic acids is 4. The molecule has 158 valence electrons. The van der Waals surface area contributed by atoms with Gasteiger partial charge in [-0.15, -0.1) is 0 Å². The number of hydrogen-bond acceptors (Lipinski definition) is 6. The van der Waals surface area contributed by atoms with Gasteiger partial charge in [-0.1, -0.05) is 26.0 Å². The topological polar surface area (TPSA) is 90.0 Å². The second-order valence-electron chi connectivity index (χ2n) is 8.49. The first-order valence-corrected chi connectivity index (χ1v) is 10.2. The van der Waals surface area contributed by atoms with Gasteiger partial charge in [0, 0.05) is 5.56 Å². The summed E-state index contributed by atoms with van der Waals surface area (Å²) in [6.45, 7) is 3.07. The minimum absolute atomic E-state index is 0.0712. The van der Waals surface area contributed by atoms with E-state index in [1.54, 1.807) is 38.1 Å². The Balaban J connectivity index is 1.45. The third-order valence-electron chi connectivity index (χ3n) is 6.41. The van der Waals surface area contributed by atoms with Gasteiger partial charge in [0.1, 0.15) is 11.8 Å². The Morgan fingerprint density at radius 1 is 1.03 bits per heavy atom. The second-order valence-corrected chi connectivity index (χ2v) is 8.49. The molecule has 1 saturated carbocycles. The standard InChI is InChI=1S/C23H25NO6/c1-12(2)20(23(28)30-11-17(25)13-6-8-16(29-3)9-7-13)24-21(26)18-14-4-5-15(10-14)19(18)22(24)27/h4-9,12,14-15,18-20H,10-11H2,1-3H3/t14-,15-,18-,19+,20+/m0/s1. The van der Waals surface area contributed by atoms with Crippen LogP contribution in [-0.4, -0.2) is 48.2 Å². The molecule has 1 aliphatic heterocycles. The number of benzene rings is 1.